The standard InChI is InChI=1S/C12H16Br2OS/c1-8(2)9(7-16)6-15-12-10(13)4-3-5-11(12)14/h3-5,8-9,16H,6-7H2,1-2H3. The number of ether oxygens (including phenoxy) is 1. The largest absolute Gasteiger partial charge is 0.491 e. The minimum absolute atomic E-state index is 0.474. The number of rotatable bonds is 5. The van der Waals surface area contributed by atoms with Crippen molar-refractivity contribution in [3.63, 3.8) is 0 Å². The second kappa shape index (κ2) is 6.92. The first kappa shape index (κ1) is 14.4. The molecule has 0 saturated carbocycles. The van der Waals surface area contributed by atoms with E-state index in [0.29, 0.717) is 18.4 Å². The Hall–Kier alpha value is 0.330. The lowest BCUT2D eigenvalue weighted by Gasteiger charge is -2.20. The summed E-state index contributed by atoms with van der Waals surface area (Å²) in [7, 11) is 0. The van der Waals surface area contributed by atoms with Crippen LogP contribution in [0.15, 0.2) is 27.1 Å². The van der Waals surface area contributed by atoms with Gasteiger partial charge >= 0.3 is 0 Å². The van der Waals surface area contributed by atoms with Gasteiger partial charge in [0.15, 0.2) is 0 Å². The van der Waals surface area contributed by atoms with Crippen LogP contribution in [0.4, 0.5) is 0 Å². The Labute approximate surface area is 120 Å². The summed E-state index contributed by atoms with van der Waals surface area (Å²) in [5.74, 6) is 2.77. The second-order valence-electron chi connectivity index (χ2n) is 4.05. The van der Waals surface area contributed by atoms with Gasteiger partial charge in [0.05, 0.1) is 15.6 Å². The Balaban J connectivity index is 2.67. The molecule has 0 bridgehead atoms. The molecule has 1 rings (SSSR count). The van der Waals surface area contributed by atoms with Crippen molar-refractivity contribution >= 4 is 44.5 Å². The summed E-state index contributed by atoms with van der Waals surface area (Å²) >= 11 is 11.3. The lowest BCUT2D eigenvalue weighted by Crippen LogP contribution is -2.19. The lowest BCUT2D eigenvalue weighted by atomic mass is 9.99. The van der Waals surface area contributed by atoms with Crippen LogP contribution in [0, 0.1) is 11.8 Å². The van der Waals surface area contributed by atoms with E-state index >= 15 is 0 Å². The smallest absolute Gasteiger partial charge is 0.147 e. The maximum atomic E-state index is 5.84. The highest BCUT2D eigenvalue weighted by Gasteiger charge is 2.14. The molecular weight excluding hydrogens is 352 g/mol. The summed E-state index contributed by atoms with van der Waals surface area (Å²) in [5.41, 5.74) is 0. The molecule has 0 radical (unpaired) electrons. The van der Waals surface area contributed by atoms with E-state index in [1.54, 1.807) is 0 Å². The van der Waals surface area contributed by atoms with Crippen molar-refractivity contribution in [3.8, 4) is 5.75 Å². The number of hydrogen-bond acceptors (Lipinski definition) is 2. The summed E-state index contributed by atoms with van der Waals surface area (Å²) in [4.78, 5) is 0. The topological polar surface area (TPSA) is 9.23 Å². The molecule has 0 spiro atoms. The molecule has 1 atom stereocenters. The van der Waals surface area contributed by atoms with Crippen LogP contribution in [0.3, 0.4) is 0 Å². The molecule has 4 heteroatoms. The summed E-state index contributed by atoms with van der Waals surface area (Å²) in [6.07, 6.45) is 0. The summed E-state index contributed by atoms with van der Waals surface area (Å²) in [5, 5.41) is 0. The minimum Gasteiger partial charge on any atom is -0.491 e. The van der Waals surface area contributed by atoms with E-state index in [1.807, 2.05) is 18.2 Å². The van der Waals surface area contributed by atoms with E-state index in [-0.39, 0.29) is 0 Å². The number of hydrogen-bond donors (Lipinski definition) is 1. The van der Waals surface area contributed by atoms with Crippen LogP contribution in [0.25, 0.3) is 0 Å². The molecule has 0 aliphatic carbocycles. The normalized spacial score (nSPS) is 12.9. The highest BCUT2D eigenvalue weighted by atomic mass is 79.9. The Morgan fingerprint density at radius 3 is 2.25 bits per heavy atom. The Kier molecular flexibility index (Phi) is 6.22. The van der Waals surface area contributed by atoms with Gasteiger partial charge in [-0.1, -0.05) is 19.9 Å². The first-order chi connectivity index (χ1) is 7.56. The molecule has 1 aromatic rings. The molecule has 0 amide bonds. The first-order valence-electron chi connectivity index (χ1n) is 5.24. The van der Waals surface area contributed by atoms with E-state index in [9.17, 15) is 0 Å². The third kappa shape index (κ3) is 3.97. The SMILES string of the molecule is CC(C)C(CS)COc1c(Br)cccc1Br. The first-order valence-corrected chi connectivity index (χ1v) is 7.45. The summed E-state index contributed by atoms with van der Waals surface area (Å²) in [6, 6.07) is 5.93. The molecule has 1 nitrogen and oxygen atoms in total. The van der Waals surface area contributed by atoms with E-state index in [2.05, 4.69) is 58.3 Å². The van der Waals surface area contributed by atoms with Crippen LogP contribution >= 0.6 is 44.5 Å². The van der Waals surface area contributed by atoms with Crippen LogP contribution in [0.2, 0.25) is 0 Å². The van der Waals surface area contributed by atoms with E-state index < -0.39 is 0 Å². The fourth-order valence-corrected chi connectivity index (χ4v) is 3.02. The van der Waals surface area contributed by atoms with Crippen molar-refractivity contribution in [3.05, 3.63) is 27.1 Å². The monoisotopic (exact) mass is 366 g/mol. The van der Waals surface area contributed by atoms with Gasteiger partial charge in [0.2, 0.25) is 0 Å². The van der Waals surface area contributed by atoms with Crippen LogP contribution < -0.4 is 4.74 Å². The van der Waals surface area contributed by atoms with Crippen LogP contribution in [-0.2, 0) is 0 Å². The van der Waals surface area contributed by atoms with Gasteiger partial charge < -0.3 is 4.74 Å². The summed E-state index contributed by atoms with van der Waals surface area (Å²) in [6.45, 7) is 5.08. The lowest BCUT2D eigenvalue weighted by molar-refractivity contribution is 0.225. The van der Waals surface area contributed by atoms with Gasteiger partial charge in [-0.3, -0.25) is 0 Å². The van der Waals surface area contributed by atoms with Gasteiger partial charge in [-0.25, -0.2) is 0 Å². The van der Waals surface area contributed by atoms with Crippen molar-refractivity contribution in [1.29, 1.82) is 0 Å². The molecule has 16 heavy (non-hydrogen) atoms. The quantitative estimate of drug-likeness (QED) is 0.736. The predicted octanol–water partition coefficient (Wildman–Crippen LogP) is 4.79. The van der Waals surface area contributed by atoms with Crippen molar-refractivity contribution in [2.24, 2.45) is 11.8 Å². The average Bonchev–Trinajstić information content (AvgIpc) is 2.22. The maximum Gasteiger partial charge on any atom is 0.147 e. The highest BCUT2D eigenvalue weighted by Crippen LogP contribution is 2.33. The fourth-order valence-electron chi connectivity index (χ4n) is 1.27. The number of thiol groups is 1. The van der Waals surface area contributed by atoms with Crippen LogP contribution in [0.1, 0.15) is 13.8 Å². The van der Waals surface area contributed by atoms with Crippen molar-refractivity contribution in [1.82, 2.24) is 0 Å². The van der Waals surface area contributed by atoms with E-state index in [1.165, 1.54) is 0 Å². The molecule has 90 valence electrons. The van der Waals surface area contributed by atoms with Gasteiger partial charge in [-0.05, 0) is 55.7 Å². The third-order valence-corrected chi connectivity index (χ3v) is 4.26. The zero-order valence-corrected chi connectivity index (χ0v) is 13.5. The molecule has 0 aliphatic rings. The molecule has 0 fully saturated rings. The number of benzene rings is 1. The molecule has 0 saturated heterocycles. The summed E-state index contributed by atoms with van der Waals surface area (Å²) < 4.78 is 7.79. The van der Waals surface area contributed by atoms with E-state index in [4.69, 9.17) is 4.74 Å². The maximum absolute atomic E-state index is 5.84. The predicted molar refractivity (Wildman–Crippen MR) is 79.5 cm³/mol. The van der Waals surface area contributed by atoms with Crippen molar-refractivity contribution in [2.45, 2.75) is 13.8 Å². The zero-order valence-electron chi connectivity index (χ0n) is 9.41. The van der Waals surface area contributed by atoms with Crippen LogP contribution in [0.5, 0.6) is 5.75 Å². The number of halogens is 2. The molecule has 0 aromatic heterocycles. The fraction of sp³-hybridized carbons (Fsp3) is 0.500. The van der Waals surface area contributed by atoms with Crippen molar-refractivity contribution < 1.29 is 4.74 Å². The van der Waals surface area contributed by atoms with Gasteiger partial charge in [0.25, 0.3) is 0 Å². The molecule has 0 N–H and O–H groups in total. The van der Waals surface area contributed by atoms with Crippen molar-refractivity contribution in [2.75, 3.05) is 12.4 Å². The van der Waals surface area contributed by atoms with Gasteiger partial charge in [-0.2, -0.15) is 12.6 Å². The van der Waals surface area contributed by atoms with Crippen LogP contribution in [-0.4, -0.2) is 12.4 Å². The molecule has 1 unspecified atom stereocenters. The Morgan fingerprint density at radius 2 is 1.81 bits per heavy atom. The Bertz CT molecular complexity index is 322. The average molecular weight is 368 g/mol. The number of para-hydroxylation sites is 1. The third-order valence-electron chi connectivity index (χ3n) is 2.54. The Morgan fingerprint density at radius 1 is 1.25 bits per heavy atom. The minimum atomic E-state index is 0.474. The van der Waals surface area contributed by atoms with E-state index in [0.717, 1.165) is 20.4 Å². The zero-order chi connectivity index (χ0) is 12.1. The molecule has 0 heterocycles. The van der Waals surface area contributed by atoms with Gasteiger partial charge in [0.1, 0.15) is 5.75 Å². The second-order valence-corrected chi connectivity index (χ2v) is 6.12. The molecular formula is C12H16Br2OS. The van der Waals surface area contributed by atoms with Gasteiger partial charge in [-0.15, -0.1) is 0 Å². The van der Waals surface area contributed by atoms with Gasteiger partial charge in [0, 0.05) is 5.92 Å². The molecule has 0 aliphatic heterocycles. The highest BCUT2D eigenvalue weighted by molar-refractivity contribution is 9.11. The molecule has 1 aromatic carbocycles.